The molecule has 1 amide bonds. The smallest absolute Gasteiger partial charge is 0.272 e. The first kappa shape index (κ1) is 13.0. The van der Waals surface area contributed by atoms with Crippen molar-refractivity contribution in [3.05, 3.63) is 29.8 Å². The van der Waals surface area contributed by atoms with Crippen LogP contribution in [0.4, 0.5) is 4.39 Å². The van der Waals surface area contributed by atoms with Crippen molar-refractivity contribution in [2.75, 3.05) is 13.1 Å². The van der Waals surface area contributed by atoms with Crippen LogP contribution >= 0.6 is 0 Å². The number of rotatable bonds is 2. The Balaban J connectivity index is 2.09. The van der Waals surface area contributed by atoms with Crippen LogP contribution in [0.2, 0.25) is 0 Å². The number of aliphatic hydroxyl groups is 1. The van der Waals surface area contributed by atoms with E-state index in [2.05, 4.69) is 4.98 Å². The molecule has 2 rings (SSSR count). The summed E-state index contributed by atoms with van der Waals surface area (Å²) in [5.41, 5.74) is 0.126. The summed E-state index contributed by atoms with van der Waals surface area (Å²) in [4.78, 5) is 17.4. The lowest BCUT2D eigenvalue weighted by molar-refractivity contribution is 0.0461. The van der Waals surface area contributed by atoms with Gasteiger partial charge in [-0.3, -0.25) is 4.79 Å². The van der Waals surface area contributed by atoms with E-state index in [1.54, 1.807) is 11.8 Å². The van der Waals surface area contributed by atoms with Crippen molar-refractivity contribution in [1.29, 1.82) is 0 Å². The van der Waals surface area contributed by atoms with Gasteiger partial charge in [0.1, 0.15) is 5.69 Å². The third kappa shape index (κ3) is 2.85. The summed E-state index contributed by atoms with van der Waals surface area (Å²) in [6, 6.07) is 4.20. The second kappa shape index (κ2) is 5.44. The van der Waals surface area contributed by atoms with Crippen LogP contribution in [0.1, 0.15) is 30.3 Å². The molecule has 1 aliphatic rings. The van der Waals surface area contributed by atoms with Crippen LogP contribution < -0.4 is 0 Å². The number of hydrogen-bond acceptors (Lipinski definition) is 3. The van der Waals surface area contributed by atoms with Gasteiger partial charge in [0.2, 0.25) is 5.95 Å². The zero-order chi connectivity index (χ0) is 13.1. The van der Waals surface area contributed by atoms with Crippen molar-refractivity contribution < 1.29 is 14.3 Å². The van der Waals surface area contributed by atoms with Gasteiger partial charge in [0, 0.05) is 19.0 Å². The quantitative estimate of drug-likeness (QED) is 0.811. The Morgan fingerprint density at radius 1 is 1.61 bits per heavy atom. The summed E-state index contributed by atoms with van der Waals surface area (Å²) in [7, 11) is 0. The minimum atomic E-state index is -0.648. The van der Waals surface area contributed by atoms with Crippen LogP contribution in [0.15, 0.2) is 18.2 Å². The van der Waals surface area contributed by atoms with Crippen molar-refractivity contribution in [3.8, 4) is 0 Å². The predicted octanol–water partition coefficient (Wildman–Crippen LogP) is 1.45. The Morgan fingerprint density at radius 3 is 3.06 bits per heavy atom. The Bertz CT molecular complexity index is 437. The second-order valence-electron chi connectivity index (χ2n) is 4.74. The predicted molar refractivity (Wildman–Crippen MR) is 64.5 cm³/mol. The first-order valence-corrected chi connectivity index (χ1v) is 6.18. The maximum atomic E-state index is 13.0. The van der Waals surface area contributed by atoms with E-state index < -0.39 is 12.1 Å². The summed E-state index contributed by atoms with van der Waals surface area (Å²) >= 11 is 0. The molecule has 1 aromatic heterocycles. The molecule has 0 spiro atoms. The molecule has 1 saturated heterocycles. The van der Waals surface area contributed by atoms with E-state index >= 15 is 0 Å². The zero-order valence-electron chi connectivity index (χ0n) is 10.3. The van der Waals surface area contributed by atoms with Crippen molar-refractivity contribution >= 4 is 5.91 Å². The lowest BCUT2D eigenvalue weighted by Gasteiger charge is -2.33. The van der Waals surface area contributed by atoms with Crippen molar-refractivity contribution in [2.45, 2.75) is 25.9 Å². The standard InChI is InChI=1S/C13H17FN2O2/c1-9(17)10-4-3-7-16(8-10)13(18)11-5-2-6-12(14)15-11/h2,5-6,9-10,17H,3-4,7-8H2,1H3. The van der Waals surface area contributed by atoms with E-state index in [0.29, 0.717) is 13.1 Å². The van der Waals surface area contributed by atoms with E-state index in [1.165, 1.54) is 18.2 Å². The third-order valence-corrected chi connectivity index (χ3v) is 3.36. The number of aliphatic hydroxyl groups excluding tert-OH is 1. The van der Waals surface area contributed by atoms with Gasteiger partial charge in [-0.25, -0.2) is 4.98 Å². The minimum Gasteiger partial charge on any atom is -0.393 e. The number of halogens is 1. The molecule has 5 heteroatoms. The van der Waals surface area contributed by atoms with E-state index in [9.17, 15) is 14.3 Å². The van der Waals surface area contributed by atoms with Crippen molar-refractivity contribution in [2.24, 2.45) is 5.92 Å². The van der Waals surface area contributed by atoms with Crippen LogP contribution in [0, 0.1) is 11.9 Å². The van der Waals surface area contributed by atoms with Gasteiger partial charge in [0.15, 0.2) is 0 Å². The van der Waals surface area contributed by atoms with Gasteiger partial charge in [0.05, 0.1) is 6.10 Å². The molecule has 1 aliphatic heterocycles. The van der Waals surface area contributed by atoms with Gasteiger partial charge in [-0.2, -0.15) is 4.39 Å². The molecule has 4 nitrogen and oxygen atoms in total. The average molecular weight is 252 g/mol. The maximum absolute atomic E-state index is 13.0. The summed E-state index contributed by atoms with van der Waals surface area (Å²) in [6.45, 7) is 2.88. The molecule has 1 fully saturated rings. The van der Waals surface area contributed by atoms with E-state index in [-0.39, 0.29) is 17.5 Å². The number of amides is 1. The van der Waals surface area contributed by atoms with Crippen LogP contribution in [-0.2, 0) is 0 Å². The lowest BCUT2D eigenvalue weighted by Crippen LogP contribution is -2.43. The van der Waals surface area contributed by atoms with Crippen molar-refractivity contribution in [3.63, 3.8) is 0 Å². The largest absolute Gasteiger partial charge is 0.393 e. The lowest BCUT2D eigenvalue weighted by atomic mass is 9.93. The van der Waals surface area contributed by atoms with Crippen LogP contribution in [-0.4, -0.2) is 40.1 Å². The Kier molecular flexibility index (Phi) is 3.91. The monoisotopic (exact) mass is 252 g/mol. The molecule has 0 saturated carbocycles. The van der Waals surface area contributed by atoms with Crippen LogP contribution in [0.3, 0.4) is 0 Å². The van der Waals surface area contributed by atoms with E-state index in [4.69, 9.17) is 0 Å². The van der Waals surface area contributed by atoms with Gasteiger partial charge in [-0.15, -0.1) is 0 Å². The molecule has 1 N–H and O–H groups in total. The highest BCUT2D eigenvalue weighted by Crippen LogP contribution is 2.20. The first-order valence-electron chi connectivity index (χ1n) is 6.18. The molecule has 2 heterocycles. The zero-order valence-corrected chi connectivity index (χ0v) is 10.3. The second-order valence-corrected chi connectivity index (χ2v) is 4.74. The van der Waals surface area contributed by atoms with E-state index in [0.717, 1.165) is 12.8 Å². The first-order chi connectivity index (χ1) is 8.58. The van der Waals surface area contributed by atoms with Crippen molar-refractivity contribution in [1.82, 2.24) is 9.88 Å². The summed E-state index contributed by atoms with van der Waals surface area (Å²) < 4.78 is 13.0. The molecular weight excluding hydrogens is 235 g/mol. The summed E-state index contributed by atoms with van der Waals surface area (Å²) in [5.74, 6) is -0.818. The number of aromatic nitrogens is 1. The number of likely N-dealkylation sites (tertiary alicyclic amines) is 1. The fourth-order valence-electron chi connectivity index (χ4n) is 2.28. The van der Waals surface area contributed by atoms with Gasteiger partial charge in [0.25, 0.3) is 5.91 Å². The van der Waals surface area contributed by atoms with Gasteiger partial charge >= 0.3 is 0 Å². The van der Waals surface area contributed by atoms with Crippen LogP contribution in [0.5, 0.6) is 0 Å². The number of pyridine rings is 1. The molecule has 0 aliphatic carbocycles. The number of carbonyl (C=O) groups is 1. The summed E-state index contributed by atoms with van der Waals surface area (Å²) in [5, 5.41) is 9.58. The molecule has 98 valence electrons. The summed E-state index contributed by atoms with van der Waals surface area (Å²) in [6.07, 6.45) is 1.34. The molecule has 2 unspecified atom stereocenters. The van der Waals surface area contributed by atoms with E-state index in [1.807, 2.05) is 0 Å². The number of hydrogen-bond donors (Lipinski definition) is 1. The molecule has 1 aromatic rings. The maximum Gasteiger partial charge on any atom is 0.272 e. The topological polar surface area (TPSA) is 53.4 Å². The molecular formula is C13H17FN2O2. The van der Waals surface area contributed by atoms with Gasteiger partial charge in [-0.05, 0) is 31.9 Å². The molecule has 0 bridgehead atoms. The van der Waals surface area contributed by atoms with Gasteiger partial charge in [-0.1, -0.05) is 6.07 Å². The number of carbonyl (C=O) groups excluding carboxylic acids is 1. The number of nitrogens with zero attached hydrogens (tertiary/aromatic N) is 2. The molecule has 18 heavy (non-hydrogen) atoms. The molecule has 2 atom stereocenters. The Labute approximate surface area is 105 Å². The van der Waals surface area contributed by atoms with Crippen LogP contribution in [0.25, 0.3) is 0 Å². The highest BCUT2D eigenvalue weighted by Gasteiger charge is 2.27. The average Bonchev–Trinajstić information content (AvgIpc) is 2.38. The van der Waals surface area contributed by atoms with Gasteiger partial charge < -0.3 is 10.0 Å². The normalized spacial score (nSPS) is 21.7. The fourth-order valence-corrected chi connectivity index (χ4v) is 2.28. The minimum absolute atomic E-state index is 0.0938. The molecule has 0 aromatic carbocycles. The SMILES string of the molecule is CC(O)C1CCCN(C(=O)c2cccc(F)n2)C1. The Morgan fingerprint density at radius 2 is 2.39 bits per heavy atom. The molecule has 0 radical (unpaired) electrons. The fraction of sp³-hybridized carbons (Fsp3) is 0.538. The third-order valence-electron chi connectivity index (χ3n) is 3.36. The Hall–Kier alpha value is -1.49. The highest BCUT2D eigenvalue weighted by atomic mass is 19.1. The highest BCUT2D eigenvalue weighted by molar-refractivity contribution is 5.92. The number of piperidine rings is 1.